The van der Waals surface area contributed by atoms with Crippen molar-refractivity contribution in [3.05, 3.63) is 53.1 Å². The third-order valence-corrected chi connectivity index (χ3v) is 5.74. The van der Waals surface area contributed by atoms with E-state index in [-0.39, 0.29) is 11.8 Å². The van der Waals surface area contributed by atoms with Gasteiger partial charge in [-0.2, -0.15) is 0 Å². The molecule has 0 aliphatic carbocycles. The smallest absolute Gasteiger partial charge is 0.254 e. The van der Waals surface area contributed by atoms with Gasteiger partial charge in [-0.15, -0.1) is 0 Å². The number of likely N-dealkylation sites (N-methyl/N-ethyl adjacent to an activating group) is 1. The van der Waals surface area contributed by atoms with E-state index in [4.69, 9.17) is 14.2 Å². The van der Waals surface area contributed by atoms with Crippen molar-refractivity contribution in [2.75, 3.05) is 34.9 Å². The third-order valence-electron chi connectivity index (χ3n) is 5.74. The van der Waals surface area contributed by atoms with Crippen molar-refractivity contribution in [3.8, 4) is 17.2 Å². The zero-order chi connectivity index (χ0) is 22.5. The minimum Gasteiger partial charge on any atom is -0.497 e. The van der Waals surface area contributed by atoms with E-state index < -0.39 is 12.0 Å². The number of carbonyl (C=O) groups excluding carboxylic acids is 2. The SMILES string of the molecule is CCCCNC(=O)[C@H]1c2cc(OC)c(OC)cc2C(=O)N(C)[C@H]1c1ccc(OC)cc1. The standard InChI is InChI=1S/C24H30N2O5/c1-6-7-12-25-23(27)21-17-13-19(30-4)20(31-5)14-18(17)24(28)26(2)22(21)15-8-10-16(29-3)11-9-15/h8-11,13-14,21-22H,6-7,12H2,1-5H3,(H,25,27)/t21-,22-/m0/s1. The Balaban J connectivity index is 2.15. The first kappa shape index (κ1) is 22.5. The van der Waals surface area contributed by atoms with E-state index in [2.05, 4.69) is 12.2 Å². The van der Waals surface area contributed by atoms with Crippen molar-refractivity contribution in [2.24, 2.45) is 0 Å². The van der Waals surface area contributed by atoms with Crippen molar-refractivity contribution in [2.45, 2.75) is 31.7 Å². The lowest BCUT2D eigenvalue weighted by molar-refractivity contribution is -0.124. The number of hydrogen-bond donors (Lipinski definition) is 1. The summed E-state index contributed by atoms with van der Waals surface area (Å²) in [6.45, 7) is 2.66. The molecule has 1 heterocycles. The Morgan fingerprint density at radius 2 is 1.68 bits per heavy atom. The topological polar surface area (TPSA) is 77.1 Å². The summed E-state index contributed by atoms with van der Waals surface area (Å²) in [5.41, 5.74) is 1.93. The number of amides is 2. The van der Waals surface area contributed by atoms with Crippen LogP contribution in [-0.2, 0) is 4.79 Å². The van der Waals surface area contributed by atoms with Crippen LogP contribution in [0.2, 0.25) is 0 Å². The van der Waals surface area contributed by atoms with Gasteiger partial charge in [0.2, 0.25) is 5.91 Å². The predicted molar refractivity (Wildman–Crippen MR) is 118 cm³/mol. The lowest BCUT2D eigenvalue weighted by Crippen LogP contribution is -2.45. The van der Waals surface area contributed by atoms with Gasteiger partial charge in [0.25, 0.3) is 5.91 Å². The number of hydrogen-bond acceptors (Lipinski definition) is 5. The Morgan fingerprint density at radius 3 is 2.26 bits per heavy atom. The number of carbonyl (C=O) groups is 2. The zero-order valence-electron chi connectivity index (χ0n) is 18.7. The molecule has 1 N–H and O–H groups in total. The predicted octanol–water partition coefficient (Wildman–Crippen LogP) is 3.54. The summed E-state index contributed by atoms with van der Waals surface area (Å²) in [5, 5.41) is 3.04. The summed E-state index contributed by atoms with van der Waals surface area (Å²) in [7, 11) is 6.39. The van der Waals surface area contributed by atoms with Crippen LogP contribution in [0.4, 0.5) is 0 Å². The molecule has 0 aromatic heterocycles. The minimum absolute atomic E-state index is 0.123. The van der Waals surface area contributed by atoms with Gasteiger partial charge in [0.15, 0.2) is 11.5 Å². The first-order valence-electron chi connectivity index (χ1n) is 10.4. The highest BCUT2D eigenvalue weighted by Crippen LogP contribution is 2.45. The van der Waals surface area contributed by atoms with E-state index in [0.29, 0.717) is 34.9 Å². The molecule has 166 valence electrons. The molecule has 0 saturated heterocycles. The fourth-order valence-corrected chi connectivity index (χ4v) is 4.05. The maximum absolute atomic E-state index is 13.4. The van der Waals surface area contributed by atoms with Crippen molar-refractivity contribution >= 4 is 11.8 Å². The molecule has 2 aromatic rings. The van der Waals surface area contributed by atoms with Crippen LogP contribution in [-0.4, -0.2) is 51.6 Å². The van der Waals surface area contributed by atoms with Crippen molar-refractivity contribution in [1.29, 1.82) is 0 Å². The van der Waals surface area contributed by atoms with E-state index in [1.165, 1.54) is 14.2 Å². The van der Waals surface area contributed by atoms with Crippen molar-refractivity contribution < 1.29 is 23.8 Å². The first-order chi connectivity index (χ1) is 15.0. The molecule has 0 bridgehead atoms. The number of nitrogens with one attached hydrogen (secondary N) is 1. The van der Waals surface area contributed by atoms with E-state index >= 15 is 0 Å². The Bertz CT molecular complexity index is 942. The summed E-state index contributed by atoms with van der Waals surface area (Å²) in [6, 6.07) is 10.4. The Labute approximate surface area is 183 Å². The average molecular weight is 427 g/mol. The molecule has 0 spiro atoms. The third kappa shape index (κ3) is 4.31. The van der Waals surface area contributed by atoms with Crippen LogP contribution in [0.1, 0.15) is 53.2 Å². The van der Waals surface area contributed by atoms with Crippen LogP contribution < -0.4 is 19.5 Å². The largest absolute Gasteiger partial charge is 0.497 e. The summed E-state index contributed by atoms with van der Waals surface area (Å²) < 4.78 is 16.1. The molecular weight excluding hydrogens is 396 g/mol. The number of ether oxygens (including phenoxy) is 3. The second-order valence-corrected chi connectivity index (χ2v) is 7.55. The first-order valence-corrected chi connectivity index (χ1v) is 10.4. The second kappa shape index (κ2) is 9.73. The zero-order valence-corrected chi connectivity index (χ0v) is 18.7. The molecule has 0 radical (unpaired) electrons. The lowest BCUT2D eigenvalue weighted by atomic mass is 9.79. The van der Waals surface area contributed by atoms with Gasteiger partial charge in [-0.05, 0) is 41.8 Å². The molecule has 0 fully saturated rings. The Hall–Kier alpha value is -3.22. The van der Waals surface area contributed by atoms with E-state index in [1.54, 1.807) is 31.2 Å². The quantitative estimate of drug-likeness (QED) is 0.654. The second-order valence-electron chi connectivity index (χ2n) is 7.55. The Morgan fingerprint density at radius 1 is 1.03 bits per heavy atom. The number of unbranched alkanes of at least 4 members (excludes halogenated alkanes) is 1. The minimum atomic E-state index is -0.595. The van der Waals surface area contributed by atoms with Gasteiger partial charge in [0, 0.05) is 19.2 Å². The van der Waals surface area contributed by atoms with Crippen molar-refractivity contribution in [1.82, 2.24) is 10.2 Å². The van der Waals surface area contributed by atoms with E-state index in [9.17, 15) is 9.59 Å². The van der Waals surface area contributed by atoms with E-state index in [1.807, 2.05) is 24.3 Å². The normalized spacial score (nSPS) is 17.7. The highest BCUT2D eigenvalue weighted by Gasteiger charge is 2.43. The average Bonchev–Trinajstić information content (AvgIpc) is 2.80. The number of fused-ring (bicyclic) bond motifs is 1. The van der Waals surface area contributed by atoms with Crippen LogP contribution in [0, 0.1) is 0 Å². The van der Waals surface area contributed by atoms with Gasteiger partial charge in [-0.25, -0.2) is 0 Å². The van der Waals surface area contributed by atoms with Crippen LogP contribution in [0.3, 0.4) is 0 Å². The van der Waals surface area contributed by atoms with Crippen LogP contribution >= 0.6 is 0 Å². The van der Waals surface area contributed by atoms with Crippen LogP contribution in [0.15, 0.2) is 36.4 Å². The fourth-order valence-electron chi connectivity index (χ4n) is 4.05. The van der Waals surface area contributed by atoms with Crippen molar-refractivity contribution in [3.63, 3.8) is 0 Å². The number of rotatable bonds is 8. The van der Waals surface area contributed by atoms with Gasteiger partial charge in [-0.3, -0.25) is 9.59 Å². The molecule has 31 heavy (non-hydrogen) atoms. The molecule has 2 atom stereocenters. The lowest BCUT2D eigenvalue weighted by Gasteiger charge is -2.40. The number of methoxy groups -OCH3 is 3. The van der Waals surface area contributed by atoms with Crippen LogP contribution in [0.5, 0.6) is 17.2 Å². The highest BCUT2D eigenvalue weighted by atomic mass is 16.5. The van der Waals surface area contributed by atoms with Gasteiger partial charge in [0.05, 0.1) is 33.3 Å². The molecule has 2 aromatic carbocycles. The molecule has 1 aliphatic heterocycles. The monoisotopic (exact) mass is 426 g/mol. The molecule has 1 aliphatic rings. The molecule has 7 nitrogen and oxygen atoms in total. The van der Waals surface area contributed by atoms with E-state index in [0.717, 1.165) is 18.4 Å². The summed E-state index contributed by atoms with van der Waals surface area (Å²) in [6.07, 6.45) is 1.87. The van der Waals surface area contributed by atoms with Gasteiger partial charge in [-0.1, -0.05) is 25.5 Å². The summed E-state index contributed by atoms with van der Waals surface area (Å²) in [5.74, 6) is 0.762. The molecular formula is C24H30N2O5. The molecule has 0 saturated carbocycles. The highest BCUT2D eigenvalue weighted by molar-refractivity contribution is 6.02. The molecule has 2 amide bonds. The van der Waals surface area contributed by atoms with Gasteiger partial charge >= 0.3 is 0 Å². The number of benzene rings is 2. The van der Waals surface area contributed by atoms with Gasteiger partial charge in [0.1, 0.15) is 5.75 Å². The number of nitrogens with zero attached hydrogens (tertiary/aromatic N) is 1. The molecule has 0 unspecified atom stereocenters. The molecule has 7 heteroatoms. The maximum atomic E-state index is 13.4. The fraction of sp³-hybridized carbons (Fsp3) is 0.417. The maximum Gasteiger partial charge on any atom is 0.254 e. The summed E-state index contributed by atoms with van der Waals surface area (Å²) >= 11 is 0. The van der Waals surface area contributed by atoms with Crippen LogP contribution in [0.25, 0.3) is 0 Å². The summed E-state index contributed by atoms with van der Waals surface area (Å²) in [4.78, 5) is 28.3. The van der Waals surface area contributed by atoms with Gasteiger partial charge < -0.3 is 24.4 Å². The molecule has 3 rings (SSSR count). The Kier molecular flexibility index (Phi) is 7.05.